The maximum absolute atomic E-state index is 11.9. The van der Waals surface area contributed by atoms with E-state index in [1.807, 2.05) is 0 Å². The summed E-state index contributed by atoms with van der Waals surface area (Å²) in [7, 11) is 1.53. The van der Waals surface area contributed by atoms with Crippen LogP contribution in [0, 0.1) is 12.3 Å². The molecule has 0 aromatic heterocycles. The Bertz CT molecular complexity index is 169. The summed E-state index contributed by atoms with van der Waals surface area (Å²) >= 11 is 0. The van der Waals surface area contributed by atoms with E-state index in [1.165, 1.54) is 7.05 Å². The Morgan fingerprint density at radius 2 is 2.08 bits per heavy atom. The van der Waals surface area contributed by atoms with Crippen LogP contribution in [0.5, 0.6) is 0 Å². The van der Waals surface area contributed by atoms with Gasteiger partial charge in [0.25, 0.3) is 0 Å². The predicted octanol–water partition coefficient (Wildman–Crippen LogP) is 2.33. The number of alkyl halides is 3. The van der Waals surface area contributed by atoms with Crippen LogP contribution in [0.4, 0.5) is 13.2 Å². The highest BCUT2D eigenvalue weighted by Crippen LogP contribution is 2.23. The van der Waals surface area contributed by atoms with Crippen molar-refractivity contribution >= 4 is 0 Å². The Hall–Kier alpha value is -0.690. The van der Waals surface area contributed by atoms with Crippen molar-refractivity contribution in [2.24, 2.45) is 0 Å². The smallest absolute Gasteiger partial charge is 0.317 e. The second kappa shape index (κ2) is 5.87. The zero-order chi connectivity index (χ0) is 10.3. The van der Waals surface area contributed by atoms with Crippen molar-refractivity contribution in [1.29, 1.82) is 0 Å². The average molecular weight is 193 g/mol. The lowest BCUT2D eigenvalue weighted by Crippen LogP contribution is -2.30. The van der Waals surface area contributed by atoms with Gasteiger partial charge in [-0.15, -0.1) is 12.3 Å². The van der Waals surface area contributed by atoms with Crippen LogP contribution in [0.15, 0.2) is 0 Å². The minimum atomic E-state index is -4.09. The lowest BCUT2D eigenvalue weighted by Gasteiger charge is -2.17. The molecule has 0 aliphatic rings. The van der Waals surface area contributed by atoms with Crippen molar-refractivity contribution in [2.75, 3.05) is 7.05 Å². The first-order valence-electron chi connectivity index (χ1n) is 4.17. The molecule has 1 atom stereocenters. The fourth-order valence-corrected chi connectivity index (χ4v) is 1.08. The van der Waals surface area contributed by atoms with Crippen LogP contribution in [-0.2, 0) is 0 Å². The molecule has 0 radical (unpaired) electrons. The molecule has 4 heteroatoms. The van der Waals surface area contributed by atoms with Gasteiger partial charge in [-0.1, -0.05) is 0 Å². The molecule has 0 saturated carbocycles. The largest absolute Gasteiger partial charge is 0.390 e. The normalized spacial score (nSPS) is 13.8. The highest BCUT2D eigenvalue weighted by Gasteiger charge is 2.30. The average Bonchev–Trinajstić information content (AvgIpc) is 2.01. The van der Waals surface area contributed by atoms with Gasteiger partial charge in [-0.05, 0) is 19.9 Å². The third-order valence-corrected chi connectivity index (χ3v) is 1.76. The molecule has 76 valence electrons. The van der Waals surface area contributed by atoms with Crippen LogP contribution in [-0.4, -0.2) is 19.3 Å². The summed E-state index contributed by atoms with van der Waals surface area (Å²) in [6.07, 6.45) is 1.76. The third-order valence-electron chi connectivity index (χ3n) is 1.76. The quantitative estimate of drug-likeness (QED) is 0.522. The Morgan fingerprint density at radius 3 is 2.46 bits per heavy atom. The SMILES string of the molecule is C#CCCCC(CC(F)(F)F)NC. The van der Waals surface area contributed by atoms with Crippen LogP contribution in [0.2, 0.25) is 0 Å². The first kappa shape index (κ1) is 12.3. The van der Waals surface area contributed by atoms with Gasteiger partial charge in [-0.25, -0.2) is 0 Å². The predicted molar refractivity (Wildman–Crippen MR) is 46.2 cm³/mol. The minimum Gasteiger partial charge on any atom is -0.317 e. The number of nitrogens with one attached hydrogen (secondary N) is 1. The Morgan fingerprint density at radius 1 is 1.46 bits per heavy atom. The Kier molecular flexibility index (Phi) is 5.56. The Labute approximate surface area is 76.7 Å². The van der Waals surface area contributed by atoms with Crippen molar-refractivity contribution in [2.45, 2.75) is 37.9 Å². The van der Waals surface area contributed by atoms with Crippen LogP contribution >= 0.6 is 0 Å². The zero-order valence-corrected chi connectivity index (χ0v) is 7.62. The van der Waals surface area contributed by atoms with Gasteiger partial charge in [0.15, 0.2) is 0 Å². The maximum atomic E-state index is 11.9. The molecule has 1 nitrogen and oxygen atoms in total. The van der Waals surface area contributed by atoms with E-state index >= 15 is 0 Å². The zero-order valence-electron chi connectivity index (χ0n) is 7.62. The van der Waals surface area contributed by atoms with Crippen molar-refractivity contribution in [3.8, 4) is 12.3 Å². The van der Waals surface area contributed by atoms with Gasteiger partial charge in [0, 0.05) is 12.5 Å². The molecule has 1 unspecified atom stereocenters. The highest BCUT2D eigenvalue weighted by atomic mass is 19.4. The highest BCUT2D eigenvalue weighted by molar-refractivity contribution is 4.84. The molecule has 0 aliphatic heterocycles. The first-order chi connectivity index (χ1) is 5.99. The van der Waals surface area contributed by atoms with Crippen LogP contribution < -0.4 is 5.32 Å². The number of halogens is 3. The van der Waals surface area contributed by atoms with E-state index in [1.54, 1.807) is 0 Å². The second-order valence-electron chi connectivity index (χ2n) is 2.90. The van der Waals surface area contributed by atoms with Gasteiger partial charge in [0.2, 0.25) is 0 Å². The lowest BCUT2D eigenvalue weighted by molar-refractivity contribution is -0.140. The first-order valence-corrected chi connectivity index (χ1v) is 4.17. The fraction of sp³-hybridized carbons (Fsp3) is 0.778. The summed E-state index contributed by atoms with van der Waals surface area (Å²) < 4.78 is 35.8. The van der Waals surface area contributed by atoms with E-state index in [2.05, 4.69) is 11.2 Å². The summed E-state index contributed by atoms with van der Waals surface area (Å²) in [6, 6.07) is -0.506. The molecule has 0 aliphatic carbocycles. The van der Waals surface area contributed by atoms with E-state index < -0.39 is 18.6 Å². The molecule has 0 bridgehead atoms. The number of hydrogen-bond acceptors (Lipinski definition) is 1. The molecule has 0 aromatic carbocycles. The van der Waals surface area contributed by atoms with Gasteiger partial charge in [-0.2, -0.15) is 13.2 Å². The van der Waals surface area contributed by atoms with Gasteiger partial charge in [0.05, 0.1) is 6.42 Å². The summed E-state index contributed by atoms with van der Waals surface area (Å²) in [6.45, 7) is 0. The van der Waals surface area contributed by atoms with Gasteiger partial charge < -0.3 is 5.32 Å². The summed E-state index contributed by atoms with van der Waals surface area (Å²) in [5.74, 6) is 2.40. The van der Waals surface area contributed by atoms with E-state index in [0.717, 1.165) is 0 Å². The Balaban J connectivity index is 3.71. The molecule has 0 aromatic rings. The molecule has 0 spiro atoms. The number of terminal acetylenes is 1. The fourth-order valence-electron chi connectivity index (χ4n) is 1.08. The van der Waals surface area contributed by atoms with Gasteiger partial charge >= 0.3 is 6.18 Å². The number of hydrogen-bond donors (Lipinski definition) is 1. The van der Waals surface area contributed by atoms with E-state index in [4.69, 9.17) is 6.42 Å². The number of unbranched alkanes of at least 4 members (excludes halogenated alkanes) is 1. The molecular weight excluding hydrogens is 179 g/mol. The lowest BCUT2D eigenvalue weighted by atomic mass is 10.1. The molecule has 0 saturated heterocycles. The van der Waals surface area contributed by atoms with Gasteiger partial charge in [-0.3, -0.25) is 0 Å². The van der Waals surface area contributed by atoms with Crippen molar-refractivity contribution in [3.63, 3.8) is 0 Å². The molecule has 0 heterocycles. The number of rotatable bonds is 5. The summed E-state index contributed by atoms with van der Waals surface area (Å²) in [5, 5.41) is 2.63. The molecule has 13 heavy (non-hydrogen) atoms. The minimum absolute atomic E-state index is 0.472. The third kappa shape index (κ3) is 7.66. The van der Waals surface area contributed by atoms with Crippen molar-refractivity contribution in [1.82, 2.24) is 5.32 Å². The van der Waals surface area contributed by atoms with E-state index in [0.29, 0.717) is 19.3 Å². The monoisotopic (exact) mass is 193 g/mol. The molecule has 0 rings (SSSR count). The topological polar surface area (TPSA) is 12.0 Å². The van der Waals surface area contributed by atoms with Crippen LogP contribution in [0.3, 0.4) is 0 Å². The molecule has 0 fully saturated rings. The van der Waals surface area contributed by atoms with Crippen molar-refractivity contribution in [3.05, 3.63) is 0 Å². The van der Waals surface area contributed by atoms with Crippen molar-refractivity contribution < 1.29 is 13.2 Å². The molecule has 1 N–H and O–H groups in total. The second-order valence-corrected chi connectivity index (χ2v) is 2.90. The molecule has 0 amide bonds. The van der Waals surface area contributed by atoms with Crippen LogP contribution in [0.25, 0.3) is 0 Å². The van der Waals surface area contributed by atoms with Crippen LogP contribution in [0.1, 0.15) is 25.7 Å². The van der Waals surface area contributed by atoms with E-state index in [9.17, 15) is 13.2 Å². The maximum Gasteiger partial charge on any atom is 0.390 e. The molecular formula is C9H14F3N. The summed E-state index contributed by atoms with van der Waals surface area (Å²) in [5.41, 5.74) is 0. The standard InChI is InChI=1S/C9H14F3N/c1-3-4-5-6-8(13-2)7-9(10,11)12/h1,8,13H,4-7H2,2H3. The van der Waals surface area contributed by atoms with Gasteiger partial charge in [0.1, 0.15) is 0 Å². The summed E-state index contributed by atoms with van der Waals surface area (Å²) in [4.78, 5) is 0. The van der Waals surface area contributed by atoms with E-state index in [-0.39, 0.29) is 0 Å².